The molecule has 0 spiro atoms. The molecule has 0 saturated heterocycles. The highest BCUT2D eigenvalue weighted by Crippen LogP contribution is 2.64. The molecule has 0 aromatic carbocycles. The molecule has 3 aliphatic carbocycles. The van der Waals surface area contributed by atoms with Crippen LogP contribution >= 0.6 is 23.1 Å². The highest BCUT2D eigenvalue weighted by Gasteiger charge is 2.55. The smallest absolute Gasteiger partial charge is 0.150 e. The van der Waals surface area contributed by atoms with Crippen LogP contribution in [0.5, 0.6) is 0 Å². The Morgan fingerprint density at radius 2 is 1.87 bits per heavy atom. The van der Waals surface area contributed by atoms with Gasteiger partial charge in [0.2, 0.25) is 0 Å². The highest BCUT2D eigenvalue weighted by molar-refractivity contribution is 8.01. The van der Waals surface area contributed by atoms with Crippen LogP contribution in [0.25, 0.3) is 0 Å². The monoisotopic (exact) mass is 571 g/mol. The number of rotatable bonds is 8. The van der Waals surface area contributed by atoms with Crippen LogP contribution in [-0.2, 0) is 11.2 Å². The molecule has 1 heterocycles. The third kappa shape index (κ3) is 9.36. The van der Waals surface area contributed by atoms with Gasteiger partial charge in [-0.15, -0.1) is 30.3 Å². The van der Waals surface area contributed by atoms with Crippen molar-refractivity contribution < 1.29 is 4.79 Å². The number of aryl methyl sites for hydroxylation is 2. The van der Waals surface area contributed by atoms with Gasteiger partial charge in [0.15, 0.2) is 0 Å². The van der Waals surface area contributed by atoms with Gasteiger partial charge in [-0.25, -0.2) is 4.98 Å². The number of aromatic nitrogens is 1. The van der Waals surface area contributed by atoms with Gasteiger partial charge in [-0.1, -0.05) is 77.8 Å². The number of nitrogens with zero attached hydrogens (tertiary/aromatic N) is 1. The first-order chi connectivity index (χ1) is 18.7. The van der Waals surface area contributed by atoms with Crippen molar-refractivity contribution in [2.75, 3.05) is 5.75 Å². The standard InChI is InChI=1S/C20H32O.C10H15NS2.C3H4.C2H6/c1-4-11-20(3)15(10-14-21)7-8-16-17-6-5-12-19(17,2)13-9-18(16)20;1-4-6-7-9-8(3)11-10(13-9)12-5-2;1-3-2;1-2/h10,14,16-18H,4-9,11-13H2,1-3H3;4H,1,5-7H2,2-3H3;1H,2H3;1-2H3/b15-10-;;;. The summed E-state index contributed by atoms with van der Waals surface area (Å²) in [6.45, 7) is 21.0. The van der Waals surface area contributed by atoms with E-state index in [0.29, 0.717) is 10.8 Å². The number of thioether (sulfide) groups is 1. The van der Waals surface area contributed by atoms with Crippen LogP contribution in [0.3, 0.4) is 0 Å². The van der Waals surface area contributed by atoms with E-state index in [1.54, 1.807) is 6.92 Å². The molecule has 5 atom stereocenters. The van der Waals surface area contributed by atoms with Gasteiger partial charge >= 0.3 is 0 Å². The van der Waals surface area contributed by atoms with Gasteiger partial charge in [-0.05, 0) is 112 Å². The number of carbonyl (C=O) groups excluding carboxylic acids is 1. The van der Waals surface area contributed by atoms with Crippen LogP contribution in [0.15, 0.2) is 28.6 Å². The summed E-state index contributed by atoms with van der Waals surface area (Å²) >= 11 is 3.65. The second-order valence-electron chi connectivity index (χ2n) is 11.5. The molecule has 39 heavy (non-hydrogen) atoms. The lowest BCUT2D eigenvalue weighted by Crippen LogP contribution is -2.48. The van der Waals surface area contributed by atoms with Crippen LogP contribution in [0.1, 0.15) is 123 Å². The summed E-state index contributed by atoms with van der Waals surface area (Å²) < 4.78 is 1.21. The fraction of sp³-hybridized carbons (Fsp3) is 0.714. The van der Waals surface area contributed by atoms with Crippen LogP contribution in [0.2, 0.25) is 0 Å². The van der Waals surface area contributed by atoms with Crippen molar-refractivity contribution in [3.05, 3.63) is 34.9 Å². The molecule has 0 N–H and O–H groups in total. The third-order valence-electron chi connectivity index (χ3n) is 9.27. The van der Waals surface area contributed by atoms with E-state index < -0.39 is 0 Å². The topological polar surface area (TPSA) is 30.0 Å². The summed E-state index contributed by atoms with van der Waals surface area (Å²) in [7, 11) is 0. The first-order valence-electron chi connectivity index (χ1n) is 15.5. The number of fused-ring (bicyclic) bond motifs is 3. The number of hydrogen-bond acceptors (Lipinski definition) is 4. The van der Waals surface area contributed by atoms with Gasteiger partial charge < -0.3 is 0 Å². The van der Waals surface area contributed by atoms with Crippen LogP contribution < -0.4 is 0 Å². The van der Waals surface area contributed by atoms with Gasteiger partial charge in [0, 0.05) is 4.88 Å². The summed E-state index contributed by atoms with van der Waals surface area (Å²) in [5.74, 6) is 6.07. The normalized spacial score (nSPS) is 29.6. The van der Waals surface area contributed by atoms with Crippen molar-refractivity contribution in [2.45, 2.75) is 130 Å². The zero-order valence-corrected chi connectivity index (χ0v) is 28.0. The lowest BCUT2D eigenvalue weighted by molar-refractivity contribution is -0.104. The van der Waals surface area contributed by atoms with E-state index in [-0.39, 0.29) is 0 Å². The summed E-state index contributed by atoms with van der Waals surface area (Å²) in [4.78, 5) is 17.0. The van der Waals surface area contributed by atoms with E-state index in [2.05, 4.69) is 58.5 Å². The second-order valence-corrected chi connectivity index (χ2v) is 14.1. The van der Waals surface area contributed by atoms with Crippen molar-refractivity contribution in [1.29, 1.82) is 0 Å². The van der Waals surface area contributed by atoms with Crippen LogP contribution in [0, 0.1) is 47.9 Å². The predicted octanol–water partition coefficient (Wildman–Crippen LogP) is 10.9. The molecule has 5 unspecified atom stereocenters. The van der Waals surface area contributed by atoms with Crippen molar-refractivity contribution in [1.82, 2.24) is 4.98 Å². The summed E-state index contributed by atoms with van der Waals surface area (Å²) in [6.07, 6.45) is 23.8. The molecular weight excluding hydrogens is 515 g/mol. The third-order valence-corrected chi connectivity index (χ3v) is 11.5. The lowest BCUT2D eigenvalue weighted by Gasteiger charge is -2.56. The number of terminal acetylenes is 1. The van der Waals surface area contributed by atoms with Crippen molar-refractivity contribution in [2.24, 2.45) is 28.6 Å². The first-order valence-corrected chi connectivity index (χ1v) is 17.3. The Morgan fingerprint density at radius 1 is 1.18 bits per heavy atom. The summed E-state index contributed by atoms with van der Waals surface area (Å²) in [6, 6.07) is 0. The molecule has 4 rings (SSSR count). The largest absolute Gasteiger partial charge is 0.299 e. The molecule has 0 radical (unpaired) electrons. The quantitative estimate of drug-likeness (QED) is 0.102. The molecule has 3 fully saturated rings. The maximum absolute atomic E-state index is 11.1. The van der Waals surface area contributed by atoms with E-state index in [4.69, 9.17) is 0 Å². The first kappa shape index (κ1) is 35.7. The summed E-state index contributed by atoms with van der Waals surface area (Å²) in [5, 5.41) is 0. The van der Waals surface area contributed by atoms with Gasteiger partial charge in [-0.3, -0.25) is 4.79 Å². The number of thiazole rings is 1. The second kappa shape index (κ2) is 18.2. The highest BCUT2D eigenvalue weighted by atomic mass is 32.2. The molecule has 0 aliphatic heterocycles. The number of aldehydes is 1. The Kier molecular flexibility index (Phi) is 16.7. The maximum Gasteiger partial charge on any atom is 0.150 e. The molecule has 1 aromatic heterocycles. The lowest BCUT2D eigenvalue weighted by atomic mass is 9.48. The van der Waals surface area contributed by atoms with E-state index in [9.17, 15) is 4.79 Å². The van der Waals surface area contributed by atoms with Gasteiger partial charge in [-0.2, -0.15) is 0 Å². The number of carbonyl (C=O) groups is 1. The average Bonchev–Trinajstić information content (AvgIpc) is 3.48. The van der Waals surface area contributed by atoms with Gasteiger partial charge in [0.1, 0.15) is 10.6 Å². The molecule has 2 nitrogen and oxygen atoms in total. The Labute approximate surface area is 250 Å². The minimum Gasteiger partial charge on any atom is -0.299 e. The molecular formula is C35H57NOS2. The average molecular weight is 572 g/mol. The predicted molar refractivity (Wildman–Crippen MR) is 176 cm³/mol. The fourth-order valence-electron chi connectivity index (χ4n) is 7.59. The van der Waals surface area contributed by atoms with Crippen LogP contribution in [-0.4, -0.2) is 17.0 Å². The number of hydrogen-bond donors (Lipinski definition) is 0. The van der Waals surface area contributed by atoms with E-state index in [1.165, 1.54) is 78.3 Å². The number of allylic oxidation sites excluding steroid dienone is 3. The molecule has 0 amide bonds. The van der Waals surface area contributed by atoms with E-state index >= 15 is 0 Å². The Hall–Kier alpha value is -1.31. The fourth-order valence-corrected chi connectivity index (χ4v) is 9.74. The minimum absolute atomic E-state index is 0.294. The van der Waals surface area contributed by atoms with Crippen molar-refractivity contribution in [3.8, 4) is 12.3 Å². The Balaban J connectivity index is 0.000000363. The van der Waals surface area contributed by atoms with Gasteiger partial charge in [0.05, 0.1) is 5.69 Å². The maximum atomic E-state index is 11.1. The molecule has 220 valence electrons. The molecule has 3 saturated carbocycles. The molecule has 0 bridgehead atoms. The van der Waals surface area contributed by atoms with Crippen LogP contribution in [0.4, 0.5) is 0 Å². The zero-order valence-electron chi connectivity index (χ0n) is 26.4. The van der Waals surface area contributed by atoms with Crippen molar-refractivity contribution in [3.63, 3.8) is 0 Å². The Morgan fingerprint density at radius 3 is 2.46 bits per heavy atom. The zero-order chi connectivity index (χ0) is 29.5. The van der Waals surface area contributed by atoms with Crippen molar-refractivity contribution >= 4 is 29.4 Å². The van der Waals surface area contributed by atoms with E-state index in [0.717, 1.165) is 42.6 Å². The molecule has 3 aliphatic rings. The van der Waals surface area contributed by atoms with Gasteiger partial charge in [0.25, 0.3) is 0 Å². The molecule has 1 aromatic rings. The minimum atomic E-state index is 0.294. The molecule has 4 heteroatoms. The Bertz CT molecular complexity index is 941. The SMILES string of the molecule is C#CC.C=CCCc1sc(SCC)nc1C.CC.CCCC1(C)/C(=C\C=O)CCC2C3CCCC3(C)CCC21. The van der Waals surface area contributed by atoms with E-state index in [1.807, 2.05) is 49.1 Å². The summed E-state index contributed by atoms with van der Waals surface area (Å²) in [5.41, 5.74) is 3.59.